The van der Waals surface area contributed by atoms with E-state index in [2.05, 4.69) is 34.6 Å². The van der Waals surface area contributed by atoms with E-state index < -0.39 is 0 Å². The Morgan fingerprint density at radius 3 is 2.24 bits per heavy atom. The number of carbonyl (C=O) groups excluding carboxylic acids is 2. The first-order valence-corrected chi connectivity index (χ1v) is 8.56. The summed E-state index contributed by atoms with van der Waals surface area (Å²) in [5, 5.41) is 0. The molecule has 0 radical (unpaired) electrons. The number of fused-ring (bicyclic) bond motifs is 1. The van der Waals surface area contributed by atoms with Crippen LogP contribution in [0.15, 0.2) is 0 Å². The molecule has 0 spiro atoms. The van der Waals surface area contributed by atoms with Crippen molar-refractivity contribution >= 4 is 11.8 Å². The zero-order chi connectivity index (χ0) is 15.7. The predicted octanol–water partition coefficient (Wildman–Crippen LogP) is 2.67. The summed E-state index contributed by atoms with van der Waals surface area (Å²) in [7, 11) is 0. The van der Waals surface area contributed by atoms with Crippen LogP contribution in [0.4, 0.5) is 0 Å². The van der Waals surface area contributed by atoms with Crippen molar-refractivity contribution in [3.63, 3.8) is 0 Å². The summed E-state index contributed by atoms with van der Waals surface area (Å²) in [5.74, 6) is 0.992. The van der Waals surface area contributed by atoms with Crippen LogP contribution < -0.4 is 0 Å². The van der Waals surface area contributed by atoms with E-state index in [1.54, 1.807) is 0 Å². The molecule has 0 aromatic rings. The molecule has 21 heavy (non-hydrogen) atoms. The van der Waals surface area contributed by atoms with E-state index in [1.165, 1.54) is 0 Å². The summed E-state index contributed by atoms with van der Waals surface area (Å²) in [6, 6.07) is -0.321. The molecule has 2 heterocycles. The van der Waals surface area contributed by atoms with Crippen molar-refractivity contribution in [1.82, 2.24) is 9.80 Å². The molecule has 3 unspecified atom stereocenters. The Bertz CT molecular complexity index is 404. The highest BCUT2D eigenvalue weighted by molar-refractivity contribution is 5.97. The second-order valence-corrected chi connectivity index (χ2v) is 6.94. The largest absolute Gasteiger partial charge is 0.329 e. The first kappa shape index (κ1) is 16.3. The lowest BCUT2D eigenvalue weighted by Gasteiger charge is -2.48. The van der Waals surface area contributed by atoms with E-state index in [0.29, 0.717) is 5.92 Å². The molecular formula is C17H30N2O2. The smallest absolute Gasteiger partial charge is 0.246 e. The molecule has 2 aliphatic rings. The molecule has 0 aliphatic carbocycles. The van der Waals surface area contributed by atoms with Crippen molar-refractivity contribution < 1.29 is 9.59 Å². The van der Waals surface area contributed by atoms with Gasteiger partial charge < -0.3 is 9.80 Å². The number of hydrogen-bond donors (Lipinski definition) is 0. The third-order valence-corrected chi connectivity index (χ3v) is 5.43. The molecule has 2 fully saturated rings. The topological polar surface area (TPSA) is 40.6 Å². The second kappa shape index (κ2) is 6.37. The van der Waals surface area contributed by atoms with Crippen LogP contribution in [-0.4, -0.2) is 46.3 Å². The quantitative estimate of drug-likeness (QED) is 0.782. The second-order valence-electron chi connectivity index (χ2n) is 6.94. The Kier molecular flexibility index (Phi) is 4.95. The predicted molar refractivity (Wildman–Crippen MR) is 83.7 cm³/mol. The number of piperazine rings is 1. The summed E-state index contributed by atoms with van der Waals surface area (Å²) in [4.78, 5) is 29.6. The molecule has 3 atom stereocenters. The molecule has 120 valence electrons. The van der Waals surface area contributed by atoms with Gasteiger partial charge in [0.2, 0.25) is 11.8 Å². The van der Waals surface area contributed by atoms with Crippen molar-refractivity contribution in [2.45, 2.75) is 78.4 Å². The van der Waals surface area contributed by atoms with Crippen molar-refractivity contribution in [3.8, 4) is 0 Å². The van der Waals surface area contributed by atoms with Gasteiger partial charge in [0, 0.05) is 12.6 Å². The van der Waals surface area contributed by atoms with Gasteiger partial charge in [0.05, 0.1) is 0 Å². The Morgan fingerprint density at radius 1 is 1.10 bits per heavy atom. The summed E-state index contributed by atoms with van der Waals surface area (Å²) in [6.07, 6.45) is 3.89. The summed E-state index contributed by atoms with van der Waals surface area (Å²) >= 11 is 0. The van der Waals surface area contributed by atoms with Crippen LogP contribution in [0.1, 0.15) is 60.3 Å². The Labute approximate surface area is 128 Å². The maximum absolute atomic E-state index is 13.0. The first-order chi connectivity index (χ1) is 9.93. The van der Waals surface area contributed by atoms with Crippen molar-refractivity contribution in [1.29, 1.82) is 0 Å². The highest BCUT2D eigenvalue weighted by Crippen LogP contribution is 2.33. The number of carbonyl (C=O) groups is 2. The lowest BCUT2D eigenvalue weighted by Crippen LogP contribution is -2.67. The lowest BCUT2D eigenvalue weighted by atomic mass is 9.88. The van der Waals surface area contributed by atoms with Gasteiger partial charge in [-0.05, 0) is 31.6 Å². The van der Waals surface area contributed by atoms with E-state index >= 15 is 0 Å². The zero-order valence-electron chi connectivity index (χ0n) is 14.1. The van der Waals surface area contributed by atoms with Gasteiger partial charge in [-0.3, -0.25) is 9.59 Å². The van der Waals surface area contributed by atoms with Crippen LogP contribution in [0.25, 0.3) is 0 Å². The van der Waals surface area contributed by atoms with Gasteiger partial charge in [0.25, 0.3) is 0 Å². The molecule has 4 nitrogen and oxygen atoms in total. The average molecular weight is 294 g/mol. The molecule has 0 bridgehead atoms. The first-order valence-electron chi connectivity index (χ1n) is 8.56. The van der Waals surface area contributed by atoms with Crippen LogP contribution >= 0.6 is 0 Å². The minimum absolute atomic E-state index is 0.145. The standard InChI is InChI=1S/C17H30N2O2/c1-6-13(7-2)12(5)19-15(11(3)4)17(21)18-10-8-9-14(18)16(19)20/h11-15H,6-10H2,1-5H3. The normalized spacial score (nSPS) is 27.8. The van der Waals surface area contributed by atoms with Crippen LogP contribution in [0.3, 0.4) is 0 Å². The molecule has 2 amide bonds. The number of nitrogens with zero attached hydrogens (tertiary/aromatic N) is 2. The summed E-state index contributed by atoms with van der Waals surface area (Å²) in [6.45, 7) is 11.3. The van der Waals surface area contributed by atoms with E-state index in [9.17, 15) is 9.59 Å². The third kappa shape index (κ3) is 2.69. The van der Waals surface area contributed by atoms with E-state index in [0.717, 1.165) is 32.2 Å². The van der Waals surface area contributed by atoms with Crippen LogP contribution in [0.2, 0.25) is 0 Å². The van der Waals surface area contributed by atoms with E-state index in [4.69, 9.17) is 0 Å². The van der Waals surface area contributed by atoms with E-state index in [1.807, 2.05) is 9.80 Å². The van der Waals surface area contributed by atoms with Crippen molar-refractivity contribution in [2.24, 2.45) is 11.8 Å². The molecular weight excluding hydrogens is 264 g/mol. The van der Waals surface area contributed by atoms with Gasteiger partial charge in [-0.2, -0.15) is 0 Å². The lowest BCUT2D eigenvalue weighted by molar-refractivity contribution is -0.165. The third-order valence-electron chi connectivity index (χ3n) is 5.43. The molecule has 0 aromatic carbocycles. The Hall–Kier alpha value is -1.06. The molecule has 4 heteroatoms. The summed E-state index contributed by atoms with van der Waals surface area (Å²) < 4.78 is 0. The maximum Gasteiger partial charge on any atom is 0.246 e. The fraction of sp³-hybridized carbons (Fsp3) is 0.882. The maximum atomic E-state index is 13.0. The van der Waals surface area contributed by atoms with Crippen molar-refractivity contribution in [2.75, 3.05) is 6.54 Å². The molecule has 0 N–H and O–H groups in total. The van der Waals surface area contributed by atoms with Crippen LogP contribution in [-0.2, 0) is 9.59 Å². The fourth-order valence-electron chi connectivity index (χ4n) is 4.14. The SMILES string of the molecule is CCC(CC)C(C)N1C(=O)C2CCCN2C(=O)C1C(C)C. The van der Waals surface area contributed by atoms with Crippen LogP contribution in [0.5, 0.6) is 0 Å². The molecule has 0 aromatic heterocycles. The number of rotatable bonds is 5. The minimum atomic E-state index is -0.276. The highest BCUT2D eigenvalue weighted by atomic mass is 16.2. The average Bonchev–Trinajstić information content (AvgIpc) is 2.93. The van der Waals surface area contributed by atoms with Gasteiger partial charge in [0.1, 0.15) is 12.1 Å². The molecule has 2 rings (SSSR count). The van der Waals surface area contributed by atoms with Gasteiger partial charge in [0.15, 0.2) is 0 Å². The van der Waals surface area contributed by atoms with E-state index in [-0.39, 0.29) is 35.9 Å². The molecule has 2 aliphatic heterocycles. The highest BCUT2D eigenvalue weighted by Gasteiger charge is 2.50. The number of hydrogen-bond acceptors (Lipinski definition) is 2. The molecule has 0 saturated carbocycles. The summed E-state index contributed by atoms with van der Waals surface area (Å²) in [5.41, 5.74) is 0. The van der Waals surface area contributed by atoms with Gasteiger partial charge in [-0.25, -0.2) is 0 Å². The minimum Gasteiger partial charge on any atom is -0.329 e. The fourth-order valence-corrected chi connectivity index (χ4v) is 4.14. The van der Waals surface area contributed by atoms with Crippen molar-refractivity contribution in [3.05, 3.63) is 0 Å². The van der Waals surface area contributed by atoms with Gasteiger partial charge in [-0.1, -0.05) is 40.5 Å². The Balaban J connectivity index is 2.34. The Morgan fingerprint density at radius 2 is 1.71 bits per heavy atom. The number of amides is 2. The van der Waals surface area contributed by atoms with Gasteiger partial charge >= 0.3 is 0 Å². The monoisotopic (exact) mass is 294 g/mol. The van der Waals surface area contributed by atoms with Gasteiger partial charge in [-0.15, -0.1) is 0 Å². The van der Waals surface area contributed by atoms with Crippen LogP contribution in [0, 0.1) is 11.8 Å². The molecule has 2 saturated heterocycles. The zero-order valence-corrected chi connectivity index (χ0v) is 14.1.